The smallest absolute Gasteiger partial charge is 0.119 e. The number of benzene rings is 1. The monoisotopic (exact) mass is 262 g/mol. The Balaban J connectivity index is 2.54. The molecule has 0 saturated heterocycles. The topological polar surface area (TPSA) is 59.1 Å². The van der Waals surface area contributed by atoms with Gasteiger partial charge in [0.25, 0.3) is 0 Å². The molecule has 3 nitrogen and oxygen atoms in total. The van der Waals surface area contributed by atoms with Gasteiger partial charge in [0.2, 0.25) is 0 Å². The molecule has 0 aliphatic heterocycles. The number of hydrogen-bond donors (Lipinski definition) is 2. The summed E-state index contributed by atoms with van der Waals surface area (Å²) in [5, 5.41) is 7.50. The molecule has 0 bridgehead atoms. The first-order chi connectivity index (χ1) is 8.63. The lowest BCUT2D eigenvalue weighted by Gasteiger charge is -2.23. The van der Waals surface area contributed by atoms with Crippen LogP contribution in [-0.2, 0) is 5.41 Å². The van der Waals surface area contributed by atoms with E-state index < -0.39 is 0 Å². The molecular weight excluding hydrogens is 236 g/mol. The fraction of sp³-hybridized carbons (Fsp3) is 0.562. The minimum absolute atomic E-state index is 0.162. The second-order valence-electron chi connectivity index (χ2n) is 6.67. The van der Waals surface area contributed by atoms with Crippen molar-refractivity contribution >= 4 is 5.84 Å². The average molecular weight is 262 g/mol. The summed E-state index contributed by atoms with van der Waals surface area (Å²) in [5.41, 5.74) is 6.70. The van der Waals surface area contributed by atoms with Crippen molar-refractivity contribution in [2.24, 2.45) is 11.1 Å². The molecule has 0 spiro atoms. The lowest BCUT2D eigenvalue weighted by atomic mass is 9.87. The van der Waals surface area contributed by atoms with Crippen LogP contribution < -0.4 is 10.5 Å². The highest BCUT2D eigenvalue weighted by molar-refractivity contribution is 5.82. The summed E-state index contributed by atoms with van der Waals surface area (Å²) < 4.78 is 5.71. The van der Waals surface area contributed by atoms with Crippen molar-refractivity contribution in [2.45, 2.75) is 46.5 Å². The van der Waals surface area contributed by atoms with Gasteiger partial charge >= 0.3 is 0 Å². The van der Waals surface area contributed by atoms with Gasteiger partial charge in [0.15, 0.2) is 0 Å². The van der Waals surface area contributed by atoms with E-state index in [9.17, 15) is 0 Å². The molecule has 19 heavy (non-hydrogen) atoms. The second-order valence-corrected chi connectivity index (χ2v) is 6.67. The zero-order valence-corrected chi connectivity index (χ0v) is 12.7. The zero-order chi connectivity index (χ0) is 14.7. The van der Waals surface area contributed by atoms with E-state index in [-0.39, 0.29) is 16.7 Å². The number of nitrogens with two attached hydrogens (primary N) is 1. The molecule has 1 rings (SSSR count). The van der Waals surface area contributed by atoms with Crippen molar-refractivity contribution in [1.29, 1.82) is 5.41 Å². The maximum Gasteiger partial charge on any atom is 0.119 e. The van der Waals surface area contributed by atoms with E-state index >= 15 is 0 Å². The first-order valence-corrected chi connectivity index (χ1v) is 6.71. The number of amidine groups is 1. The SMILES string of the molecule is CC(C)(CCOc1ccc(C(C)(C)C)cc1)C(=N)N. The summed E-state index contributed by atoms with van der Waals surface area (Å²) in [7, 11) is 0. The van der Waals surface area contributed by atoms with Crippen molar-refractivity contribution in [2.75, 3.05) is 6.61 Å². The fourth-order valence-electron chi connectivity index (χ4n) is 1.61. The summed E-state index contributed by atoms with van der Waals surface area (Å²) >= 11 is 0. The number of nitrogens with one attached hydrogen (secondary N) is 1. The highest BCUT2D eigenvalue weighted by Crippen LogP contribution is 2.25. The second kappa shape index (κ2) is 5.64. The summed E-state index contributed by atoms with van der Waals surface area (Å²) in [6.45, 7) is 11.1. The van der Waals surface area contributed by atoms with Gasteiger partial charge in [-0.05, 0) is 29.5 Å². The molecular formula is C16H26N2O. The van der Waals surface area contributed by atoms with Gasteiger partial charge in [0.1, 0.15) is 5.75 Å². The van der Waals surface area contributed by atoms with Crippen LogP contribution in [0.1, 0.15) is 46.6 Å². The van der Waals surface area contributed by atoms with Crippen molar-refractivity contribution < 1.29 is 4.74 Å². The molecule has 0 atom stereocenters. The molecule has 0 saturated carbocycles. The van der Waals surface area contributed by atoms with Gasteiger partial charge in [0, 0.05) is 5.41 Å². The normalized spacial score (nSPS) is 12.3. The largest absolute Gasteiger partial charge is 0.494 e. The lowest BCUT2D eigenvalue weighted by molar-refractivity contribution is 0.268. The molecule has 0 aromatic heterocycles. The third-order valence-corrected chi connectivity index (χ3v) is 3.45. The van der Waals surface area contributed by atoms with Crippen molar-refractivity contribution in [3.63, 3.8) is 0 Å². The number of ether oxygens (including phenoxy) is 1. The maximum absolute atomic E-state index is 7.50. The van der Waals surface area contributed by atoms with Crippen LogP contribution in [0.25, 0.3) is 0 Å². The molecule has 0 radical (unpaired) electrons. The Labute approximate surface area is 116 Å². The molecule has 3 N–H and O–H groups in total. The van der Waals surface area contributed by atoms with Crippen molar-refractivity contribution in [3.8, 4) is 5.75 Å². The van der Waals surface area contributed by atoms with Crippen LogP contribution in [0.4, 0.5) is 0 Å². The minimum Gasteiger partial charge on any atom is -0.494 e. The minimum atomic E-state index is -0.300. The predicted molar refractivity (Wildman–Crippen MR) is 80.9 cm³/mol. The molecule has 0 heterocycles. The van der Waals surface area contributed by atoms with E-state index in [0.29, 0.717) is 6.61 Å². The Morgan fingerprint density at radius 3 is 2.05 bits per heavy atom. The third-order valence-electron chi connectivity index (χ3n) is 3.45. The van der Waals surface area contributed by atoms with E-state index in [4.69, 9.17) is 15.9 Å². The molecule has 0 fully saturated rings. The van der Waals surface area contributed by atoms with E-state index in [1.54, 1.807) is 0 Å². The highest BCUT2D eigenvalue weighted by Gasteiger charge is 2.21. The van der Waals surface area contributed by atoms with E-state index in [2.05, 4.69) is 32.9 Å². The van der Waals surface area contributed by atoms with E-state index in [0.717, 1.165) is 12.2 Å². The Kier molecular flexibility index (Phi) is 4.61. The van der Waals surface area contributed by atoms with Crippen molar-refractivity contribution in [3.05, 3.63) is 29.8 Å². The summed E-state index contributed by atoms with van der Waals surface area (Å²) in [6, 6.07) is 8.21. The standard InChI is InChI=1S/C16H26N2O/c1-15(2,3)12-6-8-13(9-7-12)19-11-10-16(4,5)14(17)18/h6-9H,10-11H2,1-5H3,(H3,17,18). The average Bonchev–Trinajstić information content (AvgIpc) is 2.28. The van der Waals surface area contributed by atoms with Gasteiger partial charge in [-0.3, -0.25) is 5.41 Å². The fourth-order valence-corrected chi connectivity index (χ4v) is 1.61. The van der Waals surface area contributed by atoms with Gasteiger partial charge in [-0.1, -0.05) is 46.8 Å². The van der Waals surface area contributed by atoms with E-state index in [1.807, 2.05) is 26.0 Å². The highest BCUT2D eigenvalue weighted by atomic mass is 16.5. The molecule has 0 aliphatic rings. The Morgan fingerprint density at radius 1 is 1.11 bits per heavy atom. The molecule has 0 unspecified atom stereocenters. The van der Waals surface area contributed by atoms with Crippen LogP contribution in [0, 0.1) is 10.8 Å². The molecule has 1 aromatic carbocycles. The Hall–Kier alpha value is -1.51. The van der Waals surface area contributed by atoms with Gasteiger partial charge in [-0.2, -0.15) is 0 Å². The Morgan fingerprint density at radius 2 is 1.63 bits per heavy atom. The zero-order valence-electron chi connectivity index (χ0n) is 12.7. The summed E-state index contributed by atoms with van der Waals surface area (Å²) in [6.07, 6.45) is 0.739. The molecule has 106 valence electrons. The number of hydrogen-bond acceptors (Lipinski definition) is 2. The van der Waals surface area contributed by atoms with E-state index in [1.165, 1.54) is 5.56 Å². The molecule has 0 aliphatic carbocycles. The maximum atomic E-state index is 7.50. The quantitative estimate of drug-likeness (QED) is 0.627. The number of rotatable bonds is 5. The van der Waals surface area contributed by atoms with Crippen LogP contribution in [0.5, 0.6) is 5.75 Å². The van der Waals surface area contributed by atoms with Crippen molar-refractivity contribution in [1.82, 2.24) is 0 Å². The summed E-state index contributed by atoms with van der Waals surface area (Å²) in [5.74, 6) is 1.08. The van der Waals surface area contributed by atoms with Crippen LogP contribution in [0.3, 0.4) is 0 Å². The van der Waals surface area contributed by atoms with Gasteiger partial charge in [-0.25, -0.2) is 0 Å². The third kappa shape index (κ3) is 4.58. The first kappa shape index (κ1) is 15.5. The van der Waals surface area contributed by atoms with Gasteiger partial charge < -0.3 is 10.5 Å². The Bertz CT molecular complexity index is 427. The predicted octanol–water partition coefficient (Wildman–Crippen LogP) is 3.72. The van der Waals surface area contributed by atoms with Crippen LogP contribution >= 0.6 is 0 Å². The van der Waals surface area contributed by atoms with Crippen LogP contribution in [-0.4, -0.2) is 12.4 Å². The molecule has 3 heteroatoms. The van der Waals surface area contributed by atoms with Gasteiger partial charge in [-0.15, -0.1) is 0 Å². The van der Waals surface area contributed by atoms with Crippen LogP contribution in [0.15, 0.2) is 24.3 Å². The first-order valence-electron chi connectivity index (χ1n) is 6.71. The summed E-state index contributed by atoms with van der Waals surface area (Å²) in [4.78, 5) is 0. The molecule has 1 aromatic rings. The lowest BCUT2D eigenvalue weighted by Crippen LogP contribution is -2.32. The molecule has 0 amide bonds. The van der Waals surface area contributed by atoms with Crippen LogP contribution in [0.2, 0.25) is 0 Å². The van der Waals surface area contributed by atoms with Gasteiger partial charge in [0.05, 0.1) is 12.4 Å².